The zero-order valence-electron chi connectivity index (χ0n) is 15.0. The number of carbonyl (C=O) groups excluding carboxylic acids is 2. The highest BCUT2D eigenvalue weighted by Gasteiger charge is 2.33. The summed E-state index contributed by atoms with van der Waals surface area (Å²) >= 11 is 0. The van der Waals surface area contributed by atoms with Crippen LogP contribution in [0.2, 0.25) is 0 Å². The number of sulfonamides is 1. The smallest absolute Gasteiger partial charge is 0.339 e. The molecule has 0 saturated heterocycles. The van der Waals surface area contributed by atoms with Gasteiger partial charge in [0.25, 0.3) is 0 Å². The van der Waals surface area contributed by atoms with Crippen LogP contribution < -0.4 is 15.4 Å². The molecular formula is C17H25N3O5S. The van der Waals surface area contributed by atoms with E-state index < -0.39 is 28.1 Å². The molecule has 0 unspecified atom stereocenters. The Morgan fingerprint density at radius 1 is 1.15 bits per heavy atom. The maximum absolute atomic E-state index is 12.4. The van der Waals surface area contributed by atoms with Gasteiger partial charge in [0.2, 0.25) is 10.0 Å². The normalized spacial score (nSPS) is 15.2. The minimum absolute atomic E-state index is 0.406. The lowest BCUT2D eigenvalue weighted by Crippen LogP contribution is -2.51. The first-order valence-electron chi connectivity index (χ1n) is 8.65. The molecule has 0 radical (unpaired) electrons. The molecular weight excluding hydrogens is 358 g/mol. The fraction of sp³-hybridized carbons (Fsp3) is 0.529. The maximum atomic E-state index is 12.4. The van der Waals surface area contributed by atoms with Crippen molar-refractivity contribution in [1.82, 2.24) is 9.62 Å². The van der Waals surface area contributed by atoms with Crippen LogP contribution in [-0.2, 0) is 10.0 Å². The van der Waals surface area contributed by atoms with Crippen molar-refractivity contribution >= 4 is 27.8 Å². The van der Waals surface area contributed by atoms with Crippen molar-refractivity contribution in [3.63, 3.8) is 0 Å². The molecule has 8 nitrogen and oxygen atoms in total. The lowest BCUT2D eigenvalue weighted by Gasteiger charge is -2.32. The highest BCUT2D eigenvalue weighted by molar-refractivity contribution is 7.88. The maximum Gasteiger partial charge on any atom is 0.339 e. The molecule has 1 saturated carbocycles. The molecule has 0 aromatic heterocycles. The number of anilines is 1. The number of imide groups is 1. The summed E-state index contributed by atoms with van der Waals surface area (Å²) in [6.45, 7) is 2.40. The number of hydrogen-bond donors (Lipinski definition) is 2. The van der Waals surface area contributed by atoms with Gasteiger partial charge in [-0.25, -0.2) is 22.3 Å². The summed E-state index contributed by atoms with van der Waals surface area (Å²) < 4.78 is 30.2. The SMILES string of the molecule is CCOc1ccc(NC(=O)NC(=O)N(C2CCCCC2)S(C)(=O)=O)cc1. The zero-order chi connectivity index (χ0) is 19.2. The molecule has 2 rings (SSSR count). The summed E-state index contributed by atoms with van der Waals surface area (Å²) in [7, 11) is -3.77. The quantitative estimate of drug-likeness (QED) is 0.813. The number of urea groups is 2. The number of rotatable bonds is 5. The Morgan fingerprint density at radius 2 is 1.77 bits per heavy atom. The third-order valence-corrected chi connectivity index (χ3v) is 5.29. The fourth-order valence-corrected chi connectivity index (χ4v) is 4.12. The van der Waals surface area contributed by atoms with Crippen LogP contribution in [0.3, 0.4) is 0 Å². The second-order valence-electron chi connectivity index (χ2n) is 6.19. The van der Waals surface area contributed by atoms with Crippen molar-refractivity contribution in [3.8, 4) is 5.75 Å². The Bertz CT molecular complexity index is 727. The minimum Gasteiger partial charge on any atom is -0.494 e. The molecule has 0 heterocycles. The van der Waals surface area contributed by atoms with E-state index in [0.29, 0.717) is 30.9 Å². The lowest BCUT2D eigenvalue weighted by molar-refractivity contribution is 0.199. The van der Waals surface area contributed by atoms with Gasteiger partial charge in [-0.15, -0.1) is 0 Å². The second kappa shape index (κ2) is 8.88. The van der Waals surface area contributed by atoms with Gasteiger partial charge < -0.3 is 10.1 Å². The number of nitrogens with zero attached hydrogens (tertiary/aromatic N) is 1. The molecule has 9 heteroatoms. The van der Waals surface area contributed by atoms with Crippen molar-refractivity contribution in [3.05, 3.63) is 24.3 Å². The predicted molar refractivity (Wildman–Crippen MR) is 98.7 cm³/mol. The molecule has 1 fully saturated rings. The molecule has 2 N–H and O–H groups in total. The Balaban J connectivity index is 2.00. The van der Waals surface area contributed by atoms with Crippen molar-refractivity contribution in [2.45, 2.75) is 45.1 Å². The van der Waals surface area contributed by atoms with E-state index in [1.54, 1.807) is 24.3 Å². The Kier molecular flexibility index (Phi) is 6.84. The van der Waals surface area contributed by atoms with Gasteiger partial charge in [-0.05, 0) is 44.0 Å². The summed E-state index contributed by atoms with van der Waals surface area (Å²) in [6.07, 6.45) is 4.95. The summed E-state index contributed by atoms with van der Waals surface area (Å²) in [6, 6.07) is 4.51. The number of hydrogen-bond acceptors (Lipinski definition) is 5. The standard InChI is InChI=1S/C17H25N3O5S/c1-3-25-15-11-9-13(10-12-15)18-16(21)19-17(22)20(26(2,23)24)14-7-5-4-6-8-14/h9-12,14H,3-8H2,1-2H3,(H2,18,19,21,22). The van der Waals surface area contributed by atoms with Gasteiger partial charge >= 0.3 is 12.1 Å². The summed E-state index contributed by atoms with van der Waals surface area (Å²) in [4.78, 5) is 24.4. The number of amides is 4. The second-order valence-corrected chi connectivity index (χ2v) is 8.05. The van der Waals surface area contributed by atoms with E-state index in [1.165, 1.54) is 0 Å². The van der Waals surface area contributed by atoms with Crippen LogP contribution in [0.4, 0.5) is 15.3 Å². The molecule has 0 bridgehead atoms. The van der Waals surface area contributed by atoms with Gasteiger partial charge in [0.15, 0.2) is 0 Å². The number of ether oxygens (including phenoxy) is 1. The number of benzene rings is 1. The monoisotopic (exact) mass is 383 g/mol. The summed E-state index contributed by atoms with van der Waals surface area (Å²) in [5.74, 6) is 0.662. The van der Waals surface area contributed by atoms with Crippen molar-refractivity contribution in [2.24, 2.45) is 0 Å². The minimum atomic E-state index is -3.77. The van der Waals surface area contributed by atoms with Gasteiger partial charge in [-0.1, -0.05) is 19.3 Å². The molecule has 0 atom stereocenters. The van der Waals surface area contributed by atoms with E-state index in [-0.39, 0.29) is 0 Å². The molecule has 0 aliphatic heterocycles. The van der Waals surface area contributed by atoms with Crippen LogP contribution in [0.25, 0.3) is 0 Å². The van der Waals surface area contributed by atoms with Crippen LogP contribution in [0, 0.1) is 0 Å². The molecule has 1 aliphatic carbocycles. The van der Waals surface area contributed by atoms with E-state index in [0.717, 1.165) is 29.8 Å². The van der Waals surface area contributed by atoms with E-state index in [9.17, 15) is 18.0 Å². The molecule has 0 spiro atoms. The van der Waals surface area contributed by atoms with Crippen LogP contribution >= 0.6 is 0 Å². The van der Waals surface area contributed by atoms with Gasteiger partial charge in [-0.2, -0.15) is 0 Å². The Morgan fingerprint density at radius 3 is 2.31 bits per heavy atom. The molecule has 4 amide bonds. The van der Waals surface area contributed by atoms with Gasteiger partial charge in [0.1, 0.15) is 5.75 Å². The molecule has 1 aliphatic rings. The lowest BCUT2D eigenvalue weighted by atomic mass is 9.96. The van der Waals surface area contributed by atoms with Crippen molar-refractivity contribution in [2.75, 3.05) is 18.2 Å². The Hall–Kier alpha value is -2.29. The topological polar surface area (TPSA) is 105 Å². The third-order valence-electron chi connectivity index (χ3n) is 4.11. The van der Waals surface area contributed by atoms with Crippen LogP contribution in [0.1, 0.15) is 39.0 Å². The van der Waals surface area contributed by atoms with Gasteiger partial charge in [0.05, 0.1) is 12.9 Å². The Labute approximate surface area is 153 Å². The molecule has 1 aromatic carbocycles. The third kappa shape index (κ3) is 5.62. The summed E-state index contributed by atoms with van der Waals surface area (Å²) in [5.41, 5.74) is 0.460. The van der Waals surface area contributed by atoms with Crippen LogP contribution in [-0.4, -0.2) is 43.7 Å². The van der Waals surface area contributed by atoms with Crippen molar-refractivity contribution in [1.29, 1.82) is 0 Å². The zero-order valence-corrected chi connectivity index (χ0v) is 15.8. The first kappa shape index (κ1) is 20.0. The highest BCUT2D eigenvalue weighted by Crippen LogP contribution is 2.24. The highest BCUT2D eigenvalue weighted by atomic mass is 32.2. The van der Waals surface area contributed by atoms with E-state index in [4.69, 9.17) is 4.74 Å². The molecule has 1 aromatic rings. The molecule has 26 heavy (non-hydrogen) atoms. The first-order valence-corrected chi connectivity index (χ1v) is 10.5. The average molecular weight is 383 g/mol. The van der Waals surface area contributed by atoms with Crippen LogP contribution in [0.15, 0.2) is 24.3 Å². The van der Waals surface area contributed by atoms with Crippen LogP contribution in [0.5, 0.6) is 5.75 Å². The number of carbonyl (C=O) groups is 2. The largest absolute Gasteiger partial charge is 0.494 e. The van der Waals surface area contributed by atoms with Gasteiger partial charge in [-0.3, -0.25) is 5.32 Å². The van der Waals surface area contributed by atoms with E-state index >= 15 is 0 Å². The van der Waals surface area contributed by atoms with E-state index in [2.05, 4.69) is 10.6 Å². The predicted octanol–water partition coefficient (Wildman–Crippen LogP) is 2.92. The van der Waals surface area contributed by atoms with Crippen molar-refractivity contribution < 1.29 is 22.7 Å². The summed E-state index contributed by atoms with van der Waals surface area (Å²) in [5, 5.41) is 4.60. The van der Waals surface area contributed by atoms with E-state index in [1.807, 2.05) is 6.92 Å². The first-order chi connectivity index (χ1) is 12.3. The fourth-order valence-electron chi connectivity index (χ4n) is 3.02. The number of nitrogens with one attached hydrogen (secondary N) is 2. The van der Waals surface area contributed by atoms with Gasteiger partial charge in [0, 0.05) is 11.7 Å². The molecule has 144 valence electrons. The average Bonchev–Trinajstić information content (AvgIpc) is 2.56.